The second kappa shape index (κ2) is 8.80. The highest BCUT2D eigenvalue weighted by Gasteiger charge is 2.12. The first-order chi connectivity index (χ1) is 9.13. The Morgan fingerprint density at radius 2 is 2.32 bits per heavy atom. The Balaban J connectivity index is 2.27. The molecule has 1 unspecified atom stereocenters. The van der Waals surface area contributed by atoms with Crippen LogP contribution in [0, 0.1) is 0 Å². The van der Waals surface area contributed by atoms with Gasteiger partial charge < -0.3 is 19.7 Å². The second-order valence-electron chi connectivity index (χ2n) is 3.55. The van der Waals surface area contributed by atoms with Gasteiger partial charge in [0.2, 0.25) is 5.16 Å². The van der Waals surface area contributed by atoms with Crippen LogP contribution in [0.5, 0.6) is 0 Å². The molecule has 0 aliphatic rings. The highest BCUT2D eigenvalue weighted by atomic mass is 32.2. The van der Waals surface area contributed by atoms with Crippen LogP contribution in [0.2, 0.25) is 0 Å². The molecule has 0 aromatic carbocycles. The van der Waals surface area contributed by atoms with Crippen LogP contribution >= 0.6 is 11.8 Å². The summed E-state index contributed by atoms with van der Waals surface area (Å²) in [4.78, 5) is 10.6. The van der Waals surface area contributed by atoms with Crippen molar-refractivity contribution in [3.05, 3.63) is 0 Å². The Bertz CT molecular complexity index is 388. The van der Waals surface area contributed by atoms with Crippen LogP contribution in [-0.4, -0.2) is 75.2 Å². The molecule has 1 atom stereocenters. The number of thioether (sulfide) groups is 1. The zero-order valence-corrected chi connectivity index (χ0v) is 11.2. The van der Waals surface area contributed by atoms with E-state index < -0.39 is 12.1 Å². The Morgan fingerprint density at radius 1 is 1.53 bits per heavy atom. The SMILES string of the molecule is COCCOCC(O)CSc1nnnn1CC(=O)O. The van der Waals surface area contributed by atoms with E-state index >= 15 is 0 Å². The molecule has 0 spiro atoms. The lowest BCUT2D eigenvalue weighted by Gasteiger charge is -2.10. The number of nitrogens with zero attached hydrogens (tertiary/aromatic N) is 4. The van der Waals surface area contributed by atoms with Crippen molar-refractivity contribution in [3.63, 3.8) is 0 Å². The molecule has 2 N–H and O–H groups in total. The minimum atomic E-state index is -1.03. The predicted molar refractivity (Wildman–Crippen MR) is 64.9 cm³/mol. The number of ether oxygens (including phenoxy) is 2. The van der Waals surface area contributed by atoms with Crippen molar-refractivity contribution in [2.45, 2.75) is 17.8 Å². The lowest BCUT2D eigenvalue weighted by Crippen LogP contribution is -2.20. The van der Waals surface area contributed by atoms with E-state index in [1.54, 1.807) is 7.11 Å². The first kappa shape index (κ1) is 15.8. The van der Waals surface area contributed by atoms with Gasteiger partial charge in [-0.3, -0.25) is 4.79 Å². The Morgan fingerprint density at radius 3 is 3.00 bits per heavy atom. The summed E-state index contributed by atoms with van der Waals surface area (Å²) >= 11 is 1.17. The van der Waals surface area contributed by atoms with Gasteiger partial charge in [-0.15, -0.1) is 5.10 Å². The number of hydrogen-bond acceptors (Lipinski definition) is 8. The van der Waals surface area contributed by atoms with Crippen LogP contribution in [0.1, 0.15) is 0 Å². The van der Waals surface area contributed by atoms with Crippen LogP contribution < -0.4 is 0 Å². The molecule has 108 valence electrons. The number of carbonyl (C=O) groups is 1. The average molecular weight is 292 g/mol. The van der Waals surface area contributed by atoms with Crippen LogP contribution in [0.3, 0.4) is 0 Å². The van der Waals surface area contributed by atoms with Crippen molar-refractivity contribution in [1.29, 1.82) is 0 Å². The van der Waals surface area contributed by atoms with Crippen LogP contribution in [-0.2, 0) is 20.8 Å². The van der Waals surface area contributed by atoms with Gasteiger partial charge >= 0.3 is 5.97 Å². The fourth-order valence-corrected chi connectivity index (χ4v) is 1.89. The van der Waals surface area contributed by atoms with E-state index in [1.165, 1.54) is 11.8 Å². The summed E-state index contributed by atoms with van der Waals surface area (Å²) in [6.07, 6.45) is -0.683. The molecule has 9 nitrogen and oxygen atoms in total. The van der Waals surface area contributed by atoms with Crippen molar-refractivity contribution < 1.29 is 24.5 Å². The second-order valence-corrected chi connectivity index (χ2v) is 4.53. The number of hydrogen-bond donors (Lipinski definition) is 2. The number of aliphatic hydroxyl groups excluding tert-OH is 1. The Hall–Kier alpha value is -1.23. The number of aliphatic carboxylic acids is 1. The molecule has 0 amide bonds. The minimum absolute atomic E-state index is 0.177. The maximum atomic E-state index is 10.6. The molecule has 1 rings (SSSR count). The van der Waals surface area contributed by atoms with Crippen LogP contribution in [0.15, 0.2) is 5.16 Å². The highest BCUT2D eigenvalue weighted by Crippen LogP contribution is 2.14. The maximum Gasteiger partial charge on any atom is 0.325 e. The monoisotopic (exact) mass is 292 g/mol. The normalized spacial score (nSPS) is 12.5. The quantitative estimate of drug-likeness (QED) is 0.408. The fourth-order valence-electron chi connectivity index (χ4n) is 1.11. The van der Waals surface area contributed by atoms with Crippen molar-refractivity contribution >= 4 is 17.7 Å². The number of tetrazole rings is 1. The first-order valence-corrected chi connectivity index (χ1v) is 6.47. The lowest BCUT2D eigenvalue weighted by molar-refractivity contribution is -0.138. The topological polar surface area (TPSA) is 120 Å². The molecular weight excluding hydrogens is 276 g/mol. The van der Waals surface area contributed by atoms with Gasteiger partial charge in [-0.25, -0.2) is 4.68 Å². The summed E-state index contributed by atoms with van der Waals surface area (Å²) in [6, 6.07) is 0. The van der Waals surface area contributed by atoms with E-state index in [-0.39, 0.29) is 13.2 Å². The zero-order chi connectivity index (χ0) is 14.1. The van der Waals surface area contributed by atoms with E-state index in [4.69, 9.17) is 14.6 Å². The Kier molecular flexibility index (Phi) is 7.33. The molecule has 1 aromatic heterocycles. The van der Waals surface area contributed by atoms with Crippen molar-refractivity contribution in [2.24, 2.45) is 0 Å². The summed E-state index contributed by atoms with van der Waals surface area (Å²) < 4.78 is 11.1. The van der Waals surface area contributed by atoms with Gasteiger partial charge in [0.15, 0.2) is 0 Å². The van der Waals surface area contributed by atoms with Gasteiger partial charge in [-0.1, -0.05) is 11.8 Å². The number of rotatable bonds is 10. The van der Waals surface area contributed by atoms with E-state index in [2.05, 4.69) is 15.5 Å². The van der Waals surface area contributed by atoms with E-state index in [0.29, 0.717) is 24.1 Å². The number of aromatic nitrogens is 4. The summed E-state index contributed by atoms with van der Waals surface area (Å²) in [6.45, 7) is 0.748. The molecule has 0 bridgehead atoms. The summed E-state index contributed by atoms with van der Waals surface area (Å²) in [5, 5.41) is 29.2. The van der Waals surface area contributed by atoms with Crippen molar-refractivity contribution in [1.82, 2.24) is 20.2 Å². The molecule has 0 aliphatic carbocycles. The largest absolute Gasteiger partial charge is 0.480 e. The van der Waals surface area contributed by atoms with Gasteiger partial charge in [0.1, 0.15) is 6.54 Å². The lowest BCUT2D eigenvalue weighted by atomic mass is 10.4. The third-order valence-electron chi connectivity index (χ3n) is 1.93. The predicted octanol–water partition coefficient (Wildman–Crippen LogP) is -1.13. The van der Waals surface area contributed by atoms with E-state index in [9.17, 15) is 9.90 Å². The summed E-state index contributed by atoms with van der Waals surface area (Å²) in [5.41, 5.74) is 0. The highest BCUT2D eigenvalue weighted by molar-refractivity contribution is 7.99. The van der Waals surface area contributed by atoms with Crippen molar-refractivity contribution in [3.8, 4) is 0 Å². The van der Waals surface area contributed by atoms with Crippen molar-refractivity contribution in [2.75, 3.05) is 32.7 Å². The Labute approximate surface area is 113 Å². The van der Waals surface area contributed by atoms with E-state index in [1.807, 2.05) is 0 Å². The molecular formula is C9H16N4O5S. The first-order valence-electron chi connectivity index (χ1n) is 5.49. The van der Waals surface area contributed by atoms with Gasteiger partial charge in [0.25, 0.3) is 0 Å². The van der Waals surface area contributed by atoms with Gasteiger partial charge in [0.05, 0.1) is 25.9 Å². The third kappa shape index (κ3) is 6.47. The molecule has 0 fully saturated rings. The van der Waals surface area contributed by atoms with Crippen LogP contribution in [0.25, 0.3) is 0 Å². The molecule has 0 radical (unpaired) electrons. The summed E-state index contributed by atoms with van der Waals surface area (Å²) in [7, 11) is 1.57. The fraction of sp³-hybridized carbons (Fsp3) is 0.778. The molecule has 1 aromatic rings. The van der Waals surface area contributed by atoms with Gasteiger partial charge in [-0.05, 0) is 10.4 Å². The van der Waals surface area contributed by atoms with Gasteiger partial charge in [0, 0.05) is 12.9 Å². The number of aliphatic hydroxyl groups is 1. The van der Waals surface area contributed by atoms with Crippen LogP contribution in [0.4, 0.5) is 0 Å². The molecule has 19 heavy (non-hydrogen) atoms. The number of carboxylic acid groups (broad SMARTS) is 1. The molecule has 0 saturated carbocycles. The molecule has 1 heterocycles. The maximum absolute atomic E-state index is 10.6. The molecule has 10 heteroatoms. The van der Waals surface area contributed by atoms with E-state index in [0.717, 1.165) is 4.68 Å². The standard InChI is InChI=1S/C9H16N4O5S/c1-17-2-3-18-5-7(14)6-19-9-10-11-12-13(9)4-8(15)16/h7,14H,2-6H2,1H3,(H,15,16). The number of methoxy groups -OCH3 is 1. The minimum Gasteiger partial charge on any atom is -0.480 e. The third-order valence-corrected chi connectivity index (χ3v) is 3.03. The van der Waals surface area contributed by atoms with Gasteiger partial charge in [-0.2, -0.15) is 0 Å². The zero-order valence-electron chi connectivity index (χ0n) is 10.4. The molecule has 0 aliphatic heterocycles. The average Bonchev–Trinajstić information content (AvgIpc) is 2.78. The number of carboxylic acids is 1. The smallest absolute Gasteiger partial charge is 0.325 e. The molecule has 0 saturated heterocycles. The summed E-state index contributed by atoms with van der Waals surface area (Å²) in [5.74, 6) is -0.718.